The molecule has 1 aliphatic rings. The van der Waals surface area contributed by atoms with Crippen molar-refractivity contribution in [2.24, 2.45) is 0 Å². The maximum Gasteiger partial charge on any atom is 0.341 e. The van der Waals surface area contributed by atoms with Crippen LogP contribution in [0.15, 0.2) is 36.5 Å². The first-order valence-corrected chi connectivity index (χ1v) is 8.74. The number of carbonyl (C=O) groups excluding carboxylic acids is 1. The number of aryl methyl sites for hydroxylation is 1. The number of rotatable bonds is 5. The molecular weight excluding hydrogens is 316 g/mol. The van der Waals surface area contributed by atoms with Crippen molar-refractivity contribution in [1.82, 2.24) is 9.97 Å². The third-order valence-corrected chi connectivity index (χ3v) is 4.34. The molecule has 1 aliphatic heterocycles. The van der Waals surface area contributed by atoms with Crippen molar-refractivity contribution in [3.63, 3.8) is 0 Å². The number of aromatic nitrogens is 2. The number of pyridine rings is 2. The normalized spacial score (nSPS) is 15.0. The second-order valence-corrected chi connectivity index (χ2v) is 6.16. The Hall–Kier alpha value is -2.63. The summed E-state index contributed by atoms with van der Waals surface area (Å²) in [7, 11) is 0. The number of nitrogens with one attached hydrogen (secondary N) is 1. The SMILES string of the molecule is CCOC(=O)c1cccnc1NC1CCN(c2cccc(C)n2)CC1. The maximum absolute atomic E-state index is 12.1. The lowest BCUT2D eigenvalue weighted by Crippen LogP contribution is -2.40. The van der Waals surface area contributed by atoms with Crippen molar-refractivity contribution >= 4 is 17.6 Å². The zero-order valence-corrected chi connectivity index (χ0v) is 14.7. The van der Waals surface area contributed by atoms with Gasteiger partial charge >= 0.3 is 5.97 Å². The second kappa shape index (κ2) is 7.96. The summed E-state index contributed by atoms with van der Waals surface area (Å²) < 4.78 is 5.11. The molecule has 3 rings (SSSR count). The highest BCUT2D eigenvalue weighted by Crippen LogP contribution is 2.22. The van der Waals surface area contributed by atoms with Crippen LogP contribution in [0.25, 0.3) is 0 Å². The Morgan fingerprint density at radius 2 is 2.08 bits per heavy atom. The molecule has 0 amide bonds. The molecule has 1 N–H and O–H groups in total. The van der Waals surface area contributed by atoms with Gasteiger partial charge in [0.2, 0.25) is 0 Å². The van der Waals surface area contributed by atoms with Gasteiger partial charge in [0, 0.05) is 31.0 Å². The molecule has 2 aromatic rings. The topological polar surface area (TPSA) is 67.3 Å². The predicted octanol–water partition coefficient (Wildman–Crippen LogP) is 3.04. The van der Waals surface area contributed by atoms with E-state index in [9.17, 15) is 4.79 Å². The van der Waals surface area contributed by atoms with Crippen LogP contribution in [0.3, 0.4) is 0 Å². The third kappa shape index (κ3) is 4.26. The highest BCUT2D eigenvalue weighted by atomic mass is 16.5. The minimum atomic E-state index is -0.334. The van der Waals surface area contributed by atoms with Crippen molar-refractivity contribution in [3.8, 4) is 0 Å². The van der Waals surface area contributed by atoms with Crippen molar-refractivity contribution in [2.45, 2.75) is 32.7 Å². The standard InChI is InChI=1S/C19H24N4O2/c1-3-25-19(24)16-7-5-11-20-18(16)22-15-9-12-23(13-10-15)17-8-4-6-14(2)21-17/h4-8,11,15H,3,9-10,12-13H2,1-2H3,(H,20,22). The van der Waals surface area contributed by atoms with Crippen LogP contribution in [0.2, 0.25) is 0 Å². The van der Waals surface area contributed by atoms with Crippen LogP contribution in [0.1, 0.15) is 35.8 Å². The van der Waals surface area contributed by atoms with Gasteiger partial charge in [-0.1, -0.05) is 6.07 Å². The minimum Gasteiger partial charge on any atom is -0.462 e. The fourth-order valence-corrected chi connectivity index (χ4v) is 3.04. The second-order valence-electron chi connectivity index (χ2n) is 6.16. The van der Waals surface area contributed by atoms with E-state index in [1.54, 1.807) is 25.3 Å². The summed E-state index contributed by atoms with van der Waals surface area (Å²) in [5.41, 5.74) is 1.53. The first-order valence-electron chi connectivity index (χ1n) is 8.74. The summed E-state index contributed by atoms with van der Waals surface area (Å²) >= 11 is 0. The van der Waals surface area contributed by atoms with Gasteiger partial charge in [0.25, 0.3) is 0 Å². The molecule has 0 unspecified atom stereocenters. The van der Waals surface area contributed by atoms with Crippen LogP contribution in [-0.4, -0.2) is 41.7 Å². The molecule has 0 spiro atoms. The highest BCUT2D eigenvalue weighted by molar-refractivity contribution is 5.94. The van der Waals surface area contributed by atoms with Gasteiger partial charge in [0.1, 0.15) is 17.2 Å². The van der Waals surface area contributed by atoms with E-state index in [1.807, 2.05) is 19.1 Å². The predicted molar refractivity (Wildman–Crippen MR) is 98.0 cm³/mol. The number of esters is 1. The van der Waals surface area contributed by atoms with Crippen LogP contribution in [0, 0.1) is 6.92 Å². The number of nitrogens with zero attached hydrogens (tertiary/aromatic N) is 3. The van der Waals surface area contributed by atoms with Crippen LogP contribution >= 0.6 is 0 Å². The zero-order chi connectivity index (χ0) is 17.6. The largest absolute Gasteiger partial charge is 0.462 e. The molecule has 132 valence electrons. The molecule has 2 aromatic heterocycles. The first-order chi connectivity index (χ1) is 12.2. The number of anilines is 2. The van der Waals surface area contributed by atoms with Crippen LogP contribution in [0.5, 0.6) is 0 Å². The lowest BCUT2D eigenvalue weighted by atomic mass is 10.0. The number of hydrogen-bond donors (Lipinski definition) is 1. The van der Waals surface area contributed by atoms with Crippen molar-refractivity contribution < 1.29 is 9.53 Å². The summed E-state index contributed by atoms with van der Waals surface area (Å²) in [4.78, 5) is 23.3. The van der Waals surface area contributed by atoms with Crippen molar-refractivity contribution in [2.75, 3.05) is 29.9 Å². The van der Waals surface area contributed by atoms with E-state index >= 15 is 0 Å². The van der Waals surface area contributed by atoms with E-state index in [4.69, 9.17) is 4.74 Å². The molecule has 25 heavy (non-hydrogen) atoms. The van der Waals surface area contributed by atoms with Crippen molar-refractivity contribution in [3.05, 3.63) is 47.8 Å². The Morgan fingerprint density at radius 3 is 2.80 bits per heavy atom. The average molecular weight is 340 g/mol. The molecule has 0 atom stereocenters. The number of piperidine rings is 1. The first kappa shape index (κ1) is 17.2. The van der Waals surface area contributed by atoms with Gasteiger partial charge in [-0.2, -0.15) is 0 Å². The highest BCUT2D eigenvalue weighted by Gasteiger charge is 2.22. The molecule has 6 heteroatoms. The lowest BCUT2D eigenvalue weighted by Gasteiger charge is -2.33. The molecule has 0 bridgehead atoms. The fraction of sp³-hybridized carbons (Fsp3) is 0.421. The Kier molecular flexibility index (Phi) is 5.48. The molecule has 0 saturated carbocycles. The fourth-order valence-electron chi connectivity index (χ4n) is 3.04. The molecule has 0 radical (unpaired) electrons. The molecule has 1 fully saturated rings. The number of ether oxygens (including phenoxy) is 1. The molecule has 6 nitrogen and oxygen atoms in total. The Labute approximate surface area is 148 Å². The van der Waals surface area contributed by atoms with Gasteiger partial charge in [-0.25, -0.2) is 14.8 Å². The number of carbonyl (C=O) groups is 1. The van der Waals surface area contributed by atoms with Crippen LogP contribution < -0.4 is 10.2 Å². The molecule has 1 saturated heterocycles. The maximum atomic E-state index is 12.1. The average Bonchev–Trinajstić information content (AvgIpc) is 2.63. The Balaban J connectivity index is 1.62. The quantitative estimate of drug-likeness (QED) is 0.844. The van der Waals surface area contributed by atoms with Crippen molar-refractivity contribution in [1.29, 1.82) is 0 Å². The van der Waals surface area contributed by atoms with Crippen LogP contribution in [0.4, 0.5) is 11.6 Å². The van der Waals surface area contributed by atoms with E-state index in [1.165, 1.54) is 0 Å². The number of hydrogen-bond acceptors (Lipinski definition) is 6. The molecular formula is C19H24N4O2. The third-order valence-electron chi connectivity index (χ3n) is 4.34. The molecule has 0 aliphatic carbocycles. The van der Waals surface area contributed by atoms with Gasteiger partial charge in [0.15, 0.2) is 0 Å². The Bertz CT molecular complexity index is 727. The molecule has 0 aromatic carbocycles. The van der Waals surface area contributed by atoms with E-state index in [0.717, 1.165) is 37.4 Å². The summed E-state index contributed by atoms with van der Waals surface area (Å²) in [5.74, 6) is 1.30. The van der Waals surface area contributed by atoms with Crippen LogP contribution in [-0.2, 0) is 4.74 Å². The summed E-state index contributed by atoms with van der Waals surface area (Å²) in [5, 5.41) is 3.41. The summed E-state index contributed by atoms with van der Waals surface area (Å²) in [6.45, 7) is 6.02. The van der Waals surface area contributed by atoms with E-state index in [2.05, 4.69) is 26.3 Å². The van der Waals surface area contributed by atoms with Gasteiger partial charge in [-0.15, -0.1) is 0 Å². The smallest absolute Gasteiger partial charge is 0.341 e. The lowest BCUT2D eigenvalue weighted by molar-refractivity contribution is 0.0527. The van der Waals surface area contributed by atoms with E-state index in [-0.39, 0.29) is 12.0 Å². The zero-order valence-electron chi connectivity index (χ0n) is 14.7. The summed E-state index contributed by atoms with van der Waals surface area (Å²) in [6.07, 6.45) is 3.62. The van der Waals surface area contributed by atoms with Gasteiger partial charge in [0.05, 0.1) is 6.61 Å². The van der Waals surface area contributed by atoms with E-state index < -0.39 is 0 Å². The Morgan fingerprint density at radius 1 is 1.28 bits per heavy atom. The van der Waals surface area contributed by atoms with Gasteiger partial charge in [-0.05, 0) is 51.0 Å². The molecule has 3 heterocycles. The summed E-state index contributed by atoms with van der Waals surface area (Å²) in [6, 6.07) is 9.89. The minimum absolute atomic E-state index is 0.282. The van der Waals surface area contributed by atoms with E-state index in [0.29, 0.717) is 18.0 Å². The van der Waals surface area contributed by atoms with Gasteiger partial charge < -0.3 is 15.0 Å². The monoisotopic (exact) mass is 340 g/mol. The van der Waals surface area contributed by atoms with Gasteiger partial charge in [-0.3, -0.25) is 0 Å².